The first kappa shape index (κ1) is 17.2. The van der Waals surface area contributed by atoms with Crippen LogP contribution in [0.25, 0.3) is 10.9 Å². The van der Waals surface area contributed by atoms with Gasteiger partial charge in [0.1, 0.15) is 0 Å². The van der Waals surface area contributed by atoms with E-state index in [4.69, 9.17) is 4.74 Å². The fourth-order valence-corrected chi connectivity index (χ4v) is 5.83. The van der Waals surface area contributed by atoms with Crippen LogP contribution in [-0.4, -0.2) is 52.0 Å². The van der Waals surface area contributed by atoms with Crippen LogP contribution in [0.5, 0.6) is 0 Å². The zero-order chi connectivity index (χ0) is 18.9. The number of carbonyl (C=O) groups excluding carboxylic acids is 1. The molecule has 0 saturated carbocycles. The minimum absolute atomic E-state index is 0.110. The predicted molar refractivity (Wildman–Crippen MR) is 100 cm³/mol. The molecule has 0 amide bonds. The van der Waals surface area contributed by atoms with E-state index in [1.807, 2.05) is 29.7 Å². The minimum atomic E-state index is -1.70. The Kier molecular flexibility index (Phi) is 3.70. The lowest BCUT2D eigenvalue weighted by Gasteiger charge is -2.53. The number of benzene rings is 1. The third kappa shape index (κ3) is 2.21. The Labute approximate surface area is 158 Å². The summed E-state index contributed by atoms with van der Waals surface area (Å²) >= 11 is 0. The van der Waals surface area contributed by atoms with Crippen LogP contribution in [-0.2, 0) is 21.7 Å². The second-order valence-corrected chi connectivity index (χ2v) is 8.41. The molecule has 5 rings (SSSR count). The molecule has 6 nitrogen and oxygen atoms in total. The Bertz CT molecular complexity index is 920. The van der Waals surface area contributed by atoms with E-state index in [1.54, 1.807) is 0 Å². The van der Waals surface area contributed by atoms with Gasteiger partial charge in [0.05, 0.1) is 24.8 Å². The van der Waals surface area contributed by atoms with Crippen LogP contribution in [0, 0.1) is 11.8 Å². The smallest absolute Gasteiger partial charge is 0.359 e. The molecule has 0 radical (unpaired) electrons. The maximum Gasteiger partial charge on any atom is 0.359 e. The highest BCUT2D eigenvalue weighted by molar-refractivity contribution is 5.89. The Hall–Kier alpha value is -1.89. The topological polar surface area (TPSA) is 74.9 Å². The first-order valence-electron chi connectivity index (χ1n) is 9.81. The first-order chi connectivity index (χ1) is 13.0. The molecule has 27 heavy (non-hydrogen) atoms. The number of nitrogens with zero attached hydrogens (tertiary/aromatic N) is 2. The quantitative estimate of drug-likeness (QED) is 0.789. The Morgan fingerprint density at radius 2 is 2.15 bits per heavy atom. The molecule has 2 aromatic rings. The van der Waals surface area contributed by atoms with Crippen LogP contribution in [0.3, 0.4) is 0 Å². The highest BCUT2D eigenvalue weighted by Crippen LogP contribution is 2.54. The average molecular weight is 370 g/mol. The number of methoxy groups -OCH3 is 1. The van der Waals surface area contributed by atoms with Crippen molar-refractivity contribution in [3.8, 4) is 0 Å². The van der Waals surface area contributed by atoms with Gasteiger partial charge in [0, 0.05) is 30.6 Å². The van der Waals surface area contributed by atoms with Gasteiger partial charge >= 0.3 is 5.97 Å². The molecule has 0 bridgehead atoms. The summed E-state index contributed by atoms with van der Waals surface area (Å²) in [5.74, 6) is -0.343. The number of esters is 1. The molecule has 0 unspecified atom stereocenters. The number of ether oxygens (including phenoxy) is 1. The molecule has 3 aliphatic heterocycles. The Morgan fingerprint density at radius 1 is 1.37 bits per heavy atom. The zero-order valence-electron chi connectivity index (χ0n) is 15.8. The third-order valence-electron chi connectivity index (χ3n) is 6.98. The number of para-hydroxylation sites is 1. The highest BCUT2D eigenvalue weighted by atomic mass is 16.5. The summed E-state index contributed by atoms with van der Waals surface area (Å²) in [6, 6.07) is 8.20. The summed E-state index contributed by atoms with van der Waals surface area (Å²) in [6.45, 7) is 3.64. The second-order valence-electron chi connectivity index (χ2n) is 8.41. The van der Waals surface area contributed by atoms with E-state index in [2.05, 4.69) is 11.0 Å². The summed E-state index contributed by atoms with van der Waals surface area (Å²) in [5, 5.41) is 22.9. The largest absolute Gasteiger partial charge is 0.465 e. The standard InChI is InChI=1S/C21H26N2O4/c1-12(24)14-9-13-10-21(26,20(25)27-2)23-17-6-4-3-5-15(17)16-7-8-22(11-14)18(13)19(16)23/h3-6,12-14,18,24,26H,7-11H2,1-2H3/t12-,13-,14+,18+,21+/m0/s1. The van der Waals surface area contributed by atoms with Crippen molar-refractivity contribution >= 4 is 16.9 Å². The molecule has 4 heterocycles. The summed E-state index contributed by atoms with van der Waals surface area (Å²) in [4.78, 5) is 15.2. The summed E-state index contributed by atoms with van der Waals surface area (Å²) in [7, 11) is 1.33. The molecule has 1 fully saturated rings. The number of piperidine rings is 1. The lowest BCUT2D eigenvalue weighted by atomic mass is 9.71. The van der Waals surface area contributed by atoms with Crippen molar-refractivity contribution in [3.05, 3.63) is 35.5 Å². The summed E-state index contributed by atoms with van der Waals surface area (Å²) < 4.78 is 6.88. The Balaban J connectivity index is 1.77. The average Bonchev–Trinajstić information content (AvgIpc) is 3.02. The van der Waals surface area contributed by atoms with E-state index >= 15 is 0 Å². The van der Waals surface area contributed by atoms with Crippen LogP contribution >= 0.6 is 0 Å². The normalized spacial score (nSPS) is 33.6. The van der Waals surface area contributed by atoms with Gasteiger partial charge in [-0.3, -0.25) is 4.90 Å². The summed E-state index contributed by atoms with van der Waals surface area (Å²) in [6.07, 6.45) is 1.61. The highest BCUT2D eigenvalue weighted by Gasteiger charge is 2.55. The maximum atomic E-state index is 12.7. The molecule has 144 valence electrons. The molecular formula is C21H26N2O4. The van der Waals surface area contributed by atoms with E-state index in [-0.39, 0.29) is 17.9 Å². The molecule has 0 aliphatic carbocycles. The van der Waals surface area contributed by atoms with Gasteiger partial charge in [-0.15, -0.1) is 0 Å². The molecule has 6 heteroatoms. The third-order valence-corrected chi connectivity index (χ3v) is 6.98. The van der Waals surface area contributed by atoms with Gasteiger partial charge in [-0.25, -0.2) is 4.79 Å². The van der Waals surface area contributed by atoms with Crippen LogP contribution < -0.4 is 0 Å². The molecule has 2 N–H and O–H groups in total. The lowest BCUT2D eigenvalue weighted by molar-refractivity contribution is -0.185. The molecule has 5 atom stereocenters. The van der Waals surface area contributed by atoms with Crippen molar-refractivity contribution in [2.45, 2.75) is 44.1 Å². The number of aliphatic hydroxyl groups is 2. The van der Waals surface area contributed by atoms with E-state index in [1.165, 1.54) is 12.7 Å². The van der Waals surface area contributed by atoms with Gasteiger partial charge < -0.3 is 19.5 Å². The van der Waals surface area contributed by atoms with Crippen molar-refractivity contribution in [2.24, 2.45) is 11.8 Å². The number of carbonyl (C=O) groups is 1. The minimum Gasteiger partial charge on any atom is -0.465 e. The van der Waals surface area contributed by atoms with Crippen molar-refractivity contribution in [1.82, 2.24) is 9.47 Å². The molecule has 1 saturated heterocycles. The number of fused-ring (bicyclic) bond motifs is 3. The van der Waals surface area contributed by atoms with Gasteiger partial charge in [-0.05, 0) is 43.2 Å². The SMILES string of the molecule is COC(=O)[C@]1(O)C[C@@H]2C[C@@H]([C@H](C)O)CN3CCc4c(n1c1ccccc41)[C@@H]23. The molecule has 1 aromatic carbocycles. The lowest BCUT2D eigenvalue weighted by Crippen LogP contribution is -2.57. The number of rotatable bonds is 2. The monoisotopic (exact) mass is 370 g/mol. The van der Waals surface area contributed by atoms with E-state index < -0.39 is 17.8 Å². The molecule has 0 spiro atoms. The second kappa shape index (κ2) is 5.80. The number of aromatic nitrogens is 1. The molecule has 1 aromatic heterocycles. The number of hydrogen-bond acceptors (Lipinski definition) is 5. The van der Waals surface area contributed by atoms with Crippen molar-refractivity contribution in [1.29, 1.82) is 0 Å². The van der Waals surface area contributed by atoms with Crippen molar-refractivity contribution in [3.63, 3.8) is 0 Å². The fourth-order valence-electron chi connectivity index (χ4n) is 5.83. The zero-order valence-corrected chi connectivity index (χ0v) is 15.8. The number of hydrogen-bond donors (Lipinski definition) is 2. The van der Waals surface area contributed by atoms with Crippen LogP contribution in [0.2, 0.25) is 0 Å². The first-order valence-corrected chi connectivity index (χ1v) is 9.81. The Morgan fingerprint density at radius 3 is 2.89 bits per heavy atom. The van der Waals surface area contributed by atoms with E-state index in [0.717, 1.165) is 42.5 Å². The van der Waals surface area contributed by atoms with E-state index in [9.17, 15) is 15.0 Å². The van der Waals surface area contributed by atoms with Gasteiger partial charge in [0.25, 0.3) is 0 Å². The van der Waals surface area contributed by atoms with E-state index in [0.29, 0.717) is 6.42 Å². The van der Waals surface area contributed by atoms with Crippen molar-refractivity contribution < 1.29 is 19.7 Å². The predicted octanol–water partition coefficient (Wildman–Crippen LogP) is 1.78. The maximum absolute atomic E-state index is 12.7. The van der Waals surface area contributed by atoms with Gasteiger partial charge in [-0.2, -0.15) is 0 Å². The summed E-state index contributed by atoms with van der Waals surface area (Å²) in [5.41, 5.74) is 1.51. The van der Waals surface area contributed by atoms with Gasteiger partial charge in [-0.1, -0.05) is 18.2 Å². The molecule has 3 aliphatic rings. The van der Waals surface area contributed by atoms with Crippen LogP contribution in [0.15, 0.2) is 24.3 Å². The fraction of sp³-hybridized carbons (Fsp3) is 0.571. The van der Waals surface area contributed by atoms with Gasteiger partial charge in [0.2, 0.25) is 5.72 Å². The van der Waals surface area contributed by atoms with Crippen LogP contribution in [0.4, 0.5) is 0 Å². The number of aliphatic hydroxyl groups excluding tert-OH is 1. The van der Waals surface area contributed by atoms with Crippen LogP contribution in [0.1, 0.15) is 37.1 Å². The molecular weight excluding hydrogens is 344 g/mol. The van der Waals surface area contributed by atoms with Crippen molar-refractivity contribution in [2.75, 3.05) is 20.2 Å². The van der Waals surface area contributed by atoms with Gasteiger partial charge in [0.15, 0.2) is 0 Å².